The summed E-state index contributed by atoms with van der Waals surface area (Å²) in [4.78, 5) is 18.2. The molecule has 0 spiro atoms. The summed E-state index contributed by atoms with van der Waals surface area (Å²) in [6.07, 6.45) is 4.49. The zero-order valence-electron chi connectivity index (χ0n) is 19.9. The number of rotatable bonds is 6. The Balaban J connectivity index is 1.45. The Hall–Kier alpha value is -2.69. The minimum atomic E-state index is -3.60. The molecule has 8 nitrogen and oxygen atoms in total. The lowest BCUT2D eigenvalue weighted by Gasteiger charge is -2.34. The van der Waals surface area contributed by atoms with Crippen LogP contribution in [0.4, 0.5) is 0 Å². The number of aromatic nitrogens is 1. The topological polar surface area (TPSA) is 90.2 Å². The third kappa shape index (κ3) is 4.50. The molecule has 0 aliphatic carbocycles. The number of thiazole rings is 1. The summed E-state index contributed by atoms with van der Waals surface area (Å²) < 4.78 is 42.0. The number of carbonyl (C=O) groups excluding carboxylic acids is 1. The number of hydrogen-bond acceptors (Lipinski definition) is 6. The van der Waals surface area contributed by atoms with E-state index in [9.17, 15) is 13.2 Å². The van der Waals surface area contributed by atoms with Crippen LogP contribution in [0, 0.1) is 0 Å². The van der Waals surface area contributed by atoms with Crippen LogP contribution in [-0.2, 0) is 16.6 Å². The van der Waals surface area contributed by atoms with Crippen LogP contribution in [0.5, 0.6) is 11.5 Å². The number of ether oxygens (including phenoxy) is 2. The van der Waals surface area contributed by atoms with E-state index < -0.39 is 15.9 Å². The van der Waals surface area contributed by atoms with Gasteiger partial charge in [-0.25, -0.2) is 8.42 Å². The van der Waals surface area contributed by atoms with E-state index >= 15 is 0 Å². The van der Waals surface area contributed by atoms with Crippen molar-refractivity contribution < 1.29 is 22.7 Å². The van der Waals surface area contributed by atoms with Crippen LogP contribution in [0.1, 0.15) is 56.3 Å². The van der Waals surface area contributed by atoms with Crippen molar-refractivity contribution in [1.82, 2.24) is 8.87 Å². The normalized spacial score (nSPS) is 18.9. The first-order valence-corrected chi connectivity index (χ1v) is 14.3. The highest BCUT2D eigenvalue weighted by Crippen LogP contribution is 2.37. The van der Waals surface area contributed by atoms with Crippen LogP contribution in [0.15, 0.2) is 46.3 Å². The molecule has 10 heteroatoms. The smallest absolute Gasteiger partial charge is 0.279 e. The summed E-state index contributed by atoms with van der Waals surface area (Å²) in [7, 11) is -3.60. The van der Waals surface area contributed by atoms with Crippen LogP contribution in [-0.4, -0.2) is 42.6 Å². The highest BCUT2D eigenvalue weighted by atomic mass is 32.2. The molecule has 0 bridgehead atoms. The summed E-state index contributed by atoms with van der Waals surface area (Å²) in [5, 5.41) is 0. The first kappa shape index (κ1) is 24.0. The standard InChI is InChI=1S/C25H29N3O5S2/c1-3-12-27-20-14-21-22(33-16-32-21)15-23(20)34-25(27)26-24(29)17-8-10-19(11-9-17)35(30,31)28-13-6-5-7-18(28)4-2/h8-11,14-15,18H,3-7,12-13,16H2,1-2H3. The molecule has 2 aromatic carbocycles. The molecule has 0 saturated carbocycles. The van der Waals surface area contributed by atoms with Gasteiger partial charge in [0.25, 0.3) is 5.91 Å². The van der Waals surface area contributed by atoms with E-state index in [1.165, 1.54) is 23.5 Å². The Morgan fingerprint density at radius 2 is 1.86 bits per heavy atom. The molecule has 1 amide bonds. The second kappa shape index (κ2) is 9.75. The van der Waals surface area contributed by atoms with Crippen molar-refractivity contribution in [3.05, 3.63) is 46.8 Å². The predicted octanol–water partition coefficient (Wildman–Crippen LogP) is 4.54. The molecule has 1 atom stereocenters. The minimum Gasteiger partial charge on any atom is -0.454 e. The average Bonchev–Trinajstić information content (AvgIpc) is 3.46. The van der Waals surface area contributed by atoms with Gasteiger partial charge in [0.15, 0.2) is 16.3 Å². The van der Waals surface area contributed by atoms with Gasteiger partial charge in [-0.1, -0.05) is 31.6 Å². The molecule has 0 radical (unpaired) electrons. The first-order chi connectivity index (χ1) is 16.9. The third-order valence-corrected chi connectivity index (χ3v) is 9.58. The van der Waals surface area contributed by atoms with E-state index in [1.807, 2.05) is 23.6 Å². The Bertz CT molecular complexity index is 1420. The van der Waals surface area contributed by atoms with Crippen LogP contribution in [0.2, 0.25) is 0 Å². The second-order valence-electron chi connectivity index (χ2n) is 8.82. The molecular weight excluding hydrogens is 486 g/mol. The molecule has 2 aliphatic heterocycles. The van der Waals surface area contributed by atoms with Gasteiger partial charge in [-0.15, -0.1) is 0 Å². The molecule has 5 rings (SSSR count). The van der Waals surface area contributed by atoms with Gasteiger partial charge in [0, 0.05) is 36.8 Å². The molecule has 1 fully saturated rings. The Morgan fingerprint density at radius 1 is 1.11 bits per heavy atom. The summed E-state index contributed by atoms with van der Waals surface area (Å²) in [6.45, 7) is 5.55. The molecule has 3 heterocycles. The summed E-state index contributed by atoms with van der Waals surface area (Å²) >= 11 is 1.42. The summed E-state index contributed by atoms with van der Waals surface area (Å²) in [5.41, 5.74) is 1.30. The van der Waals surface area contributed by atoms with E-state index in [2.05, 4.69) is 11.9 Å². The van der Waals surface area contributed by atoms with Gasteiger partial charge in [-0.3, -0.25) is 4.79 Å². The van der Waals surface area contributed by atoms with Gasteiger partial charge in [0.2, 0.25) is 16.8 Å². The van der Waals surface area contributed by atoms with Gasteiger partial charge in [-0.05, 0) is 49.9 Å². The van der Waals surface area contributed by atoms with Crippen LogP contribution in [0.25, 0.3) is 10.2 Å². The van der Waals surface area contributed by atoms with E-state index in [0.717, 1.165) is 42.3 Å². The van der Waals surface area contributed by atoms with Crippen LogP contribution >= 0.6 is 11.3 Å². The van der Waals surface area contributed by atoms with Crippen LogP contribution in [0.3, 0.4) is 0 Å². The Labute approximate surface area is 208 Å². The number of amides is 1. The largest absolute Gasteiger partial charge is 0.454 e. The van der Waals surface area contributed by atoms with Gasteiger partial charge >= 0.3 is 0 Å². The monoisotopic (exact) mass is 515 g/mol. The first-order valence-electron chi connectivity index (χ1n) is 12.1. The minimum absolute atomic E-state index is 0.0317. The summed E-state index contributed by atoms with van der Waals surface area (Å²) in [6, 6.07) is 10.0. The van der Waals surface area contributed by atoms with Crippen molar-refractivity contribution in [2.45, 2.75) is 63.4 Å². The van der Waals surface area contributed by atoms with Gasteiger partial charge < -0.3 is 14.0 Å². The molecule has 35 heavy (non-hydrogen) atoms. The van der Waals surface area contributed by atoms with Crippen molar-refractivity contribution in [1.29, 1.82) is 0 Å². The number of sulfonamides is 1. The van der Waals surface area contributed by atoms with Crippen molar-refractivity contribution in [2.24, 2.45) is 4.99 Å². The molecule has 0 N–H and O–H groups in total. The molecular formula is C25H29N3O5S2. The highest BCUT2D eigenvalue weighted by molar-refractivity contribution is 7.89. The van der Waals surface area contributed by atoms with E-state index in [0.29, 0.717) is 35.0 Å². The molecule has 1 saturated heterocycles. The fourth-order valence-electron chi connectivity index (χ4n) is 4.74. The number of nitrogens with zero attached hydrogens (tertiary/aromatic N) is 3. The fourth-order valence-corrected chi connectivity index (χ4v) is 7.57. The number of piperidine rings is 1. The molecule has 1 aromatic heterocycles. The van der Waals surface area contributed by atoms with E-state index in [-0.39, 0.29) is 17.7 Å². The number of fused-ring (bicyclic) bond motifs is 2. The van der Waals surface area contributed by atoms with Gasteiger partial charge in [-0.2, -0.15) is 9.30 Å². The molecule has 3 aromatic rings. The van der Waals surface area contributed by atoms with Crippen molar-refractivity contribution in [3.63, 3.8) is 0 Å². The second-order valence-corrected chi connectivity index (χ2v) is 11.7. The number of carbonyl (C=O) groups is 1. The van der Waals surface area contributed by atoms with E-state index in [1.54, 1.807) is 16.4 Å². The fraction of sp³-hybridized carbons (Fsp3) is 0.440. The molecule has 186 valence electrons. The number of aryl methyl sites for hydroxylation is 1. The Morgan fingerprint density at radius 3 is 2.57 bits per heavy atom. The zero-order chi connectivity index (χ0) is 24.6. The zero-order valence-corrected chi connectivity index (χ0v) is 21.5. The lowest BCUT2D eigenvalue weighted by molar-refractivity contribution is 0.0997. The SMILES string of the molecule is CCCn1c(=NC(=O)c2ccc(S(=O)(=O)N3CCCCC3CC)cc2)sc2cc3c(cc21)OCO3. The van der Waals surface area contributed by atoms with E-state index in [4.69, 9.17) is 9.47 Å². The maximum absolute atomic E-state index is 13.2. The van der Waals surface area contributed by atoms with Gasteiger partial charge in [0.05, 0.1) is 15.1 Å². The Kier molecular flexibility index (Phi) is 6.69. The maximum Gasteiger partial charge on any atom is 0.279 e. The third-order valence-electron chi connectivity index (χ3n) is 6.57. The van der Waals surface area contributed by atoms with Gasteiger partial charge in [0.1, 0.15) is 0 Å². The number of benzene rings is 2. The maximum atomic E-state index is 13.2. The highest BCUT2D eigenvalue weighted by Gasteiger charge is 2.32. The lowest BCUT2D eigenvalue weighted by Crippen LogP contribution is -2.43. The number of hydrogen-bond donors (Lipinski definition) is 0. The quantitative estimate of drug-likeness (QED) is 0.481. The van der Waals surface area contributed by atoms with Crippen molar-refractivity contribution in [2.75, 3.05) is 13.3 Å². The van der Waals surface area contributed by atoms with Crippen LogP contribution < -0.4 is 14.3 Å². The summed E-state index contributed by atoms with van der Waals surface area (Å²) in [5.74, 6) is 0.972. The van der Waals surface area contributed by atoms with Crippen molar-refractivity contribution in [3.8, 4) is 11.5 Å². The molecule has 2 aliphatic rings. The predicted molar refractivity (Wildman–Crippen MR) is 134 cm³/mol. The molecule has 1 unspecified atom stereocenters. The lowest BCUT2D eigenvalue weighted by atomic mass is 10.0. The van der Waals surface area contributed by atoms with Crippen molar-refractivity contribution >= 4 is 37.5 Å². The average molecular weight is 516 g/mol.